The number of anilines is 1. The van der Waals surface area contributed by atoms with Crippen LogP contribution in [0, 0.1) is 5.82 Å². The van der Waals surface area contributed by atoms with Gasteiger partial charge < -0.3 is 10.5 Å². The quantitative estimate of drug-likeness (QED) is 0.870. The Bertz CT molecular complexity index is 545. The summed E-state index contributed by atoms with van der Waals surface area (Å²) >= 11 is 3.44. The van der Waals surface area contributed by atoms with Crippen molar-refractivity contribution >= 4 is 21.6 Å². The lowest BCUT2D eigenvalue weighted by molar-refractivity contribution is 0.104. The van der Waals surface area contributed by atoms with Gasteiger partial charge in [0.15, 0.2) is 0 Å². The number of hydrogen-bond acceptors (Lipinski definition) is 2. The molecule has 0 aliphatic heterocycles. The number of ether oxygens (including phenoxy) is 1. The van der Waals surface area contributed by atoms with Gasteiger partial charge in [-0.05, 0) is 23.8 Å². The van der Waals surface area contributed by atoms with Crippen LogP contribution in [0.5, 0.6) is 0 Å². The molecule has 2 rings (SSSR count). The molecule has 2 aromatic carbocycles. The molecule has 0 spiro atoms. The first-order chi connectivity index (χ1) is 8.66. The van der Waals surface area contributed by atoms with Gasteiger partial charge in [0.25, 0.3) is 0 Å². The van der Waals surface area contributed by atoms with Crippen molar-refractivity contribution in [2.45, 2.75) is 13.2 Å². The van der Waals surface area contributed by atoms with E-state index in [2.05, 4.69) is 15.9 Å². The topological polar surface area (TPSA) is 35.2 Å². The van der Waals surface area contributed by atoms with E-state index in [-0.39, 0.29) is 12.4 Å². The summed E-state index contributed by atoms with van der Waals surface area (Å²) in [6.45, 7) is 0.665. The minimum Gasteiger partial charge on any atom is -0.399 e. The zero-order valence-electron chi connectivity index (χ0n) is 9.70. The molecule has 0 saturated carbocycles. The second-order valence-electron chi connectivity index (χ2n) is 3.94. The molecule has 0 amide bonds. The summed E-state index contributed by atoms with van der Waals surface area (Å²) in [4.78, 5) is 0. The van der Waals surface area contributed by atoms with Crippen molar-refractivity contribution in [3.8, 4) is 0 Å². The third-order valence-corrected chi connectivity index (χ3v) is 3.32. The SMILES string of the molecule is Nc1ccc(COCc2ccccc2Br)c(F)c1. The van der Waals surface area contributed by atoms with E-state index in [1.165, 1.54) is 6.07 Å². The van der Waals surface area contributed by atoms with Crippen LogP contribution in [0.15, 0.2) is 46.9 Å². The van der Waals surface area contributed by atoms with Crippen LogP contribution in [-0.4, -0.2) is 0 Å². The molecule has 2 N–H and O–H groups in total. The first-order valence-corrected chi connectivity index (χ1v) is 6.31. The molecule has 0 bridgehead atoms. The molecule has 0 atom stereocenters. The van der Waals surface area contributed by atoms with Crippen LogP contribution in [0.1, 0.15) is 11.1 Å². The van der Waals surface area contributed by atoms with Crippen LogP contribution < -0.4 is 5.73 Å². The van der Waals surface area contributed by atoms with Crippen molar-refractivity contribution in [3.63, 3.8) is 0 Å². The van der Waals surface area contributed by atoms with E-state index in [4.69, 9.17) is 10.5 Å². The number of hydrogen-bond donors (Lipinski definition) is 1. The van der Waals surface area contributed by atoms with Crippen LogP contribution in [0.2, 0.25) is 0 Å². The first kappa shape index (κ1) is 13.1. The third kappa shape index (κ3) is 3.31. The lowest BCUT2D eigenvalue weighted by Crippen LogP contribution is -1.98. The predicted octanol–water partition coefficient (Wildman–Crippen LogP) is 3.89. The largest absolute Gasteiger partial charge is 0.399 e. The first-order valence-electron chi connectivity index (χ1n) is 5.52. The van der Waals surface area contributed by atoms with Crippen LogP contribution >= 0.6 is 15.9 Å². The molecule has 18 heavy (non-hydrogen) atoms. The van der Waals surface area contributed by atoms with E-state index in [9.17, 15) is 4.39 Å². The van der Waals surface area contributed by atoms with Gasteiger partial charge in [-0.2, -0.15) is 0 Å². The molecule has 94 valence electrons. The average molecular weight is 310 g/mol. The van der Waals surface area contributed by atoms with Gasteiger partial charge in [0.2, 0.25) is 0 Å². The smallest absolute Gasteiger partial charge is 0.130 e. The summed E-state index contributed by atoms with van der Waals surface area (Å²) in [7, 11) is 0. The minimum atomic E-state index is -0.331. The molecule has 0 fully saturated rings. The van der Waals surface area contributed by atoms with Gasteiger partial charge in [0.1, 0.15) is 5.82 Å². The Morgan fingerprint density at radius 3 is 2.50 bits per heavy atom. The summed E-state index contributed by atoms with van der Waals surface area (Å²) in [6, 6.07) is 12.4. The molecule has 0 saturated heterocycles. The molecule has 2 nitrogen and oxygen atoms in total. The normalized spacial score (nSPS) is 10.6. The third-order valence-electron chi connectivity index (χ3n) is 2.55. The Balaban J connectivity index is 1.95. The molecular formula is C14H13BrFNO. The van der Waals surface area contributed by atoms with E-state index in [0.717, 1.165) is 10.0 Å². The van der Waals surface area contributed by atoms with Crippen LogP contribution in [-0.2, 0) is 18.0 Å². The molecule has 0 unspecified atom stereocenters. The highest BCUT2D eigenvalue weighted by molar-refractivity contribution is 9.10. The van der Waals surface area contributed by atoms with Crippen molar-refractivity contribution in [2.24, 2.45) is 0 Å². The van der Waals surface area contributed by atoms with Crippen molar-refractivity contribution in [1.82, 2.24) is 0 Å². The Labute approximate surface area is 114 Å². The van der Waals surface area contributed by atoms with E-state index in [0.29, 0.717) is 17.9 Å². The molecule has 0 heterocycles. The molecule has 2 aromatic rings. The summed E-state index contributed by atoms with van der Waals surface area (Å²) in [5, 5.41) is 0. The van der Waals surface area contributed by atoms with Crippen molar-refractivity contribution in [2.75, 3.05) is 5.73 Å². The average Bonchev–Trinajstić information content (AvgIpc) is 2.34. The fourth-order valence-electron chi connectivity index (χ4n) is 1.57. The molecular weight excluding hydrogens is 297 g/mol. The molecule has 0 radical (unpaired) electrons. The number of nitrogen functional groups attached to an aromatic ring is 1. The highest BCUT2D eigenvalue weighted by Gasteiger charge is 2.04. The molecule has 0 aliphatic rings. The highest BCUT2D eigenvalue weighted by atomic mass is 79.9. The second kappa shape index (κ2) is 5.98. The summed E-state index contributed by atoms with van der Waals surface area (Å²) < 4.78 is 20.0. The standard InChI is InChI=1S/C14H13BrFNO/c15-13-4-2-1-3-10(13)8-18-9-11-5-6-12(17)7-14(11)16/h1-7H,8-9,17H2. The molecule has 0 aromatic heterocycles. The summed E-state index contributed by atoms with van der Waals surface area (Å²) in [5.41, 5.74) is 7.44. The maximum absolute atomic E-state index is 13.5. The highest BCUT2D eigenvalue weighted by Crippen LogP contribution is 2.18. The number of benzene rings is 2. The summed E-state index contributed by atoms with van der Waals surface area (Å²) in [6.07, 6.45) is 0. The van der Waals surface area contributed by atoms with Gasteiger partial charge >= 0.3 is 0 Å². The number of halogens is 2. The van der Waals surface area contributed by atoms with E-state index in [1.807, 2.05) is 24.3 Å². The molecule has 0 aliphatic carbocycles. The zero-order chi connectivity index (χ0) is 13.0. The second-order valence-corrected chi connectivity index (χ2v) is 4.79. The van der Waals surface area contributed by atoms with E-state index in [1.54, 1.807) is 12.1 Å². The van der Waals surface area contributed by atoms with Gasteiger partial charge in [-0.3, -0.25) is 0 Å². The zero-order valence-corrected chi connectivity index (χ0v) is 11.3. The van der Waals surface area contributed by atoms with Crippen molar-refractivity contribution in [1.29, 1.82) is 0 Å². The van der Waals surface area contributed by atoms with Crippen molar-refractivity contribution < 1.29 is 9.13 Å². The number of rotatable bonds is 4. The predicted molar refractivity (Wildman–Crippen MR) is 73.4 cm³/mol. The maximum Gasteiger partial charge on any atom is 0.130 e. The summed E-state index contributed by atoms with van der Waals surface area (Å²) in [5.74, 6) is -0.331. The van der Waals surface area contributed by atoms with E-state index >= 15 is 0 Å². The van der Waals surface area contributed by atoms with Crippen LogP contribution in [0.3, 0.4) is 0 Å². The van der Waals surface area contributed by atoms with Gasteiger partial charge in [-0.15, -0.1) is 0 Å². The minimum absolute atomic E-state index is 0.230. The number of nitrogens with two attached hydrogens (primary N) is 1. The van der Waals surface area contributed by atoms with Gasteiger partial charge in [-0.1, -0.05) is 40.2 Å². The van der Waals surface area contributed by atoms with Gasteiger partial charge in [0.05, 0.1) is 13.2 Å². The Kier molecular flexibility index (Phi) is 4.33. The van der Waals surface area contributed by atoms with Crippen LogP contribution in [0.4, 0.5) is 10.1 Å². The van der Waals surface area contributed by atoms with Crippen molar-refractivity contribution in [3.05, 3.63) is 63.9 Å². The van der Waals surface area contributed by atoms with E-state index < -0.39 is 0 Å². The van der Waals surface area contributed by atoms with Crippen LogP contribution in [0.25, 0.3) is 0 Å². The Morgan fingerprint density at radius 1 is 1.06 bits per heavy atom. The Morgan fingerprint density at radius 2 is 1.78 bits per heavy atom. The Hall–Kier alpha value is -1.39. The maximum atomic E-state index is 13.5. The van der Waals surface area contributed by atoms with Gasteiger partial charge in [0, 0.05) is 15.7 Å². The lowest BCUT2D eigenvalue weighted by Gasteiger charge is -2.07. The molecule has 4 heteroatoms. The fourth-order valence-corrected chi connectivity index (χ4v) is 1.97. The fraction of sp³-hybridized carbons (Fsp3) is 0.143. The lowest BCUT2D eigenvalue weighted by atomic mass is 10.2. The van der Waals surface area contributed by atoms with Gasteiger partial charge in [-0.25, -0.2) is 4.39 Å². The monoisotopic (exact) mass is 309 g/mol.